The molecule has 2 amide bonds. The van der Waals surface area contributed by atoms with E-state index in [-0.39, 0.29) is 18.2 Å². The number of anilines is 2. The Balaban J connectivity index is 1.36. The highest BCUT2D eigenvalue weighted by molar-refractivity contribution is 6.30. The molecule has 7 heteroatoms. The van der Waals surface area contributed by atoms with Crippen molar-refractivity contribution in [2.75, 3.05) is 16.8 Å². The molecule has 1 aliphatic rings. The molecule has 152 valence electrons. The van der Waals surface area contributed by atoms with Crippen LogP contribution in [0.1, 0.15) is 6.42 Å². The van der Waals surface area contributed by atoms with Gasteiger partial charge in [0.2, 0.25) is 11.8 Å². The topological polar surface area (TPSA) is 58.6 Å². The Bertz CT molecular complexity index is 1050. The molecular weight excluding hydrogens is 423 g/mol. The van der Waals surface area contributed by atoms with Gasteiger partial charge in [0.1, 0.15) is 11.5 Å². The van der Waals surface area contributed by atoms with Gasteiger partial charge in [0.25, 0.3) is 0 Å². The minimum atomic E-state index is -0.418. The minimum Gasteiger partial charge on any atom is -0.457 e. The fourth-order valence-corrected chi connectivity index (χ4v) is 3.50. The lowest BCUT2D eigenvalue weighted by Crippen LogP contribution is -2.28. The van der Waals surface area contributed by atoms with Crippen molar-refractivity contribution in [1.82, 2.24) is 0 Å². The zero-order valence-corrected chi connectivity index (χ0v) is 17.4. The predicted molar refractivity (Wildman–Crippen MR) is 119 cm³/mol. The van der Waals surface area contributed by atoms with Crippen LogP contribution in [0.5, 0.6) is 11.5 Å². The minimum absolute atomic E-state index is 0.0795. The summed E-state index contributed by atoms with van der Waals surface area (Å²) in [6.45, 7) is 0.337. The number of ether oxygens (including phenoxy) is 1. The number of benzene rings is 3. The summed E-state index contributed by atoms with van der Waals surface area (Å²) < 4.78 is 5.75. The van der Waals surface area contributed by atoms with Gasteiger partial charge < -0.3 is 15.0 Å². The van der Waals surface area contributed by atoms with Crippen LogP contribution in [0.4, 0.5) is 11.4 Å². The van der Waals surface area contributed by atoms with Crippen molar-refractivity contribution >= 4 is 46.4 Å². The van der Waals surface area contributed by atoms with Crippen molar-refractivity contribution in [2.45, 2.75) is 6.42 Å². The first-order valence-corrected chi connectivity index (χ1v) is 10.1. The number of halogens is 2. The number of carbonyl (C=O) groups is 2. The highest BCUT2D eigenvalue weighted by Gasteiger charge is 2.35. The Morgan fingerprint density at radius 3 is 2.00 bits per heavy atom. The van der Waals surface area contributed by atoms with Crippen molar-refractivity contribution in [2.24, 2.45) is 5.92 Å². The van der Waals surface area contributed by atoms with Gasteiger partial charge in [-0.1, -0.05) is 23.2 Å². The second-order valence-electron chi connectivity index (χ2n) is 6.95. The molecule has 1 saturated heterocycles. The summed E-state index contributed by atoms with van der Waals surface area (Å²) in [6, 6.07) is 21.1. The van der Waals surface area contributed by atoms with E-state index in [4.69, 9.17) is 27.9 Å². The van der Waals surface area contributed by atoms with Gasteiger partial charge in [-0.15, -0.1) is 0 Å². The third-order valence-corrected chi connectivity index (χ3v) is 5.31. The van der Waals surface area contributed by atoms with Crippen LogP contribution in [0.25, 0.3) is 0 Å². The molecular formula is C23H18Cl2N2O3. The van der Waals surface area contributed by atoms with E-state index in [0.29, 0.717) is 33.8 Å². The molecule has 3 aromatic rings. The molecule has 5 nitrogen and oxygen atoms in total. The molecule has 4 rings (SSSR count). The van der Waals surface area contributed by atoms with Crippen molar-refractivity contribution in [3.8, 4) is 11.5 Å². The zero-order valence-electron chi connectivity index (χ0n) is 15.8. The van der Waals surface area contributed by atoms with Crippen molar-refractivity contribution < 1.29 is 14.3 Å². The Morgan fingerprint density at radius 1 is 0.867 bits per heavy atom. The summed E-state index contributed by atoms with van der Waals surface area (Å²) >= 11 is 11.8. The number of nitrogens with zero attached hydrogens (tertiary/aromatic N) is 1. The van der Waals surface area contributed by atoms with Gasteiger partial charge in [0.15, 0.2) is 0 Å². The van der Waals surface area contributed by atoms with Gasteiger partial charge in [-0.3, -0.25) is 9.59 Å². The molecule has 1 N–H and O–H groups in total. The summed E-state index contributed by atoms with van der Waals surface area (Å²) in [6.07, 6.45) is 0.173. The molecule has 0 aliphatic carbocycles. The van der Waals surface area contributed by atoms with Crippen molar-refractivity contribution in [1.29, 1.82) is 0 Å². The van der Waals surface area contributed by atoms with Gasteiger partial charge in [0.05, 0.1) is 5.92 Å². The standard InChI is InChI=1S/C23H18Cl2N2O3/c24-16-1-7-19(8-2-16)27-14-15(13-22(27)28)23(29)26-18-5-11-21(12-6-18)30-20-9-3-17(25)4-10-20/h1-12,15H,13-14H2,(H,26,29)/t15-/m0/s1. The molecule has 30 heavy (non-hydrogen) atoms. The molecule has 0 bridgehead atoms. The second kappa shape index (κ2) is 8.78. The molecule has 3 aromatic carbocycles. The summed E-state index contributed by atoms with van der Waals surface area (Å²) in [5.74, 6) is 0.622. The first-order chi connectivity index (χ1) is 14.5. The lowest BCUT2D eigenvalue weighted by atomic mass is 10.1. The van der Waals surface area contributed by atoms with E-state index in [9.17, 15) is 9.59 Å². The maximum atomic E-state index is 12.6. The first-order valence-electron chi connectivity index (χ1n) is 9.38. The number of hydrogen-bond donors (Lipinski definition) is 1. The van der Waals surface area contributed by atoms with Crippen LogP contribution in [0.2, 0.25) is 10.0 Å². The van der Waals surface area contributed by atoms with E-state index in [1.807, 2.05) is 0 Å². The van der Waals surface area contributed by atoms with Gasteiger partial charge in [-0.05, 0) is 72.8 Å². The zero-order chi connectivity index (χ0) is 21.1. The molecule has 1 fully saturated rings. The van der Waals surface area contributed by atoms with E-state index in [0.717, 1.165) is 5.69 Å². The fraction of sp³-hybridized carbons (Fsp3) is 0.130. The third kappa shape index (κ3) is 4.75. The van der Waals surface area contributed by atoms with Crippen molar-refractivity contribution in [3.63, 3.8) is 0 Å². The van der Waals surface area contributed by atoms with Crippen LogP contribution in [0, 0.1) is 5.92 Å². The Morgan fingerprint density at radius 2 is 1.40 bits per heavy atom. The normalized spacial score (nSPS) is 15.9. The second-order valence-corrected chi connectivity index (χ2v) is 7.82. The quantitative estimate of drug-likeness (QED) is 0.546. The molecule has 0 aromatic heterocycles. The molecule has 0 spiro atoms. The van der Waals surface area contributed by atoms with Gasteiger partial charge >= 0.3 is 0 Å². The van der Waals surface area contributed by atoms with Crippen LogP contribution in [0.15, 0.2) is 72.8 Å². The average molecular weight is 441 g/mol. The average Bonchev–Trinajstić information content (AvgIpc) is 3.13. The summed E-state index contributed by atoms with van der Waals surface area (Å²) in [4.78, 5) is 26.6. The SMILES string of the molecule is O=C(Nc1ccc(Oc2ccc(Cl)cc2)cc1)[C@H]1CC(=O)N(c2ccc(Cl)cc2)C1. The predicted octanol–water partition coefficient (Wildman–Crippen LogP) is 5.78. The van der Waals surface area contributed by atoms with E-state index < -0.39 is 5.92 Å². The molecule has 1 atom stereocenters. The summed E-state index contributed by atoms with van der Waals surface area (Å²) in [5.41, 5.74) is 1.38. The maximum Gasteiger partial charge on any atom is 0.229 e. The lowest BCUT2D eigenvalue weighted by molar-refractivity contribution is -0.122. The summed E-state index contributed by atoms with van der Waals surface area (Å²) in [5, 5.41) is 4.11. The number of amides is 2. The monoisotopic (exact) mass is 440 g/mol. The number of hydrogen-bond acceptors (Lipinski definition) is 3. The van der Waals surface area contributed by atoms with Crippen LogP contribution in [-0.4, -0.2) is 18.4 Å². The molecule has 0 saturated carbocycles. The number of rotatable bonds is 5. The number of carbonyl (C=O) groups excluding carboxylic acids is 2. The highest BCUT2D eigenvalue weighted by Crippen LogP contribution is 2.28. The van der Waals surface area contributed by atoms with E-state index in [1.165, 1.54) is 0 Å². The molecule has 0 unspecified atom stereocenters. The molecule has 0 radical (unpaired) electrons. The summed E-state index contributed by atoms with van der Waals surface area (Å²) in [7, 11) is 0. The smallest absolute Gasteiger partial charge is 0.229 e. The fourth-order valence-electron chi connectivity index (χ4n) is 3.24. The molecule has 1 aliphatic heterocycles. The van der Waals surface area contributed by atoms with E-state index >= 15 is 0 Å². The van der Waals surface area contributed by atoms with E-state index in [2.05, 4.69) is 5.32 Å². The lowest BCUT2D eigenvalue weighted by Gasteiger charge is -2.17. The first kappa shape index (κ1) is 20.3. The molecule has 1 heterocycles. The van der Waals surface area contributed by atoms with Crippen LogP contribution >= 0.6 is 23.2 Å². The van der Waals surface area contributed by atoms with Gasteiger partial charge in [-0.2, -0.15) is 0 Å². The maximum absolute atomic E-state index is 12.6. The van der Waals surface area contributed by atoms with Gasteiger partial charge in [0, 0.05) is 34.4 Å². The van der Waals surface area contributed by atoms with Crippen molar-refractivity contribution in [3.05, 3.63) is 82.8 Å². The van der Waals surface area contributed by atoms with Gasteiger partial charge in [-0.25, -0.2) is 0 Å². The van der Waals surface area contributed by atoms with Crippen LogP contribution in [0.3, 0.4) is 0 Å². The van der Waals surface area contributed by atoms with Crippen LogP contribution in [-0.2, 0) is 9.59 Å². The Labute approximate surface area is 184 Å². The Kier molecular flexibility index (Phi) is 5.93. The van der Waals surface area contributed by atoms with Crippen LogP contribution < -0.4 is 15.0 Å². The Hall–Kier alpha value is -3.02. The third-order valence-electron chi connectivity index (χ3n) is 4.81. The highest BCUT2D eigenvalue weighted by atomic mass is 35.5. The number of nitrogens with one attached hydrogen (secondary N) is 1. The van der Waals surface area contributed by atoms with E-state index in [1.54, 1.807) is 77.7 Å². The largest absolute Gasteiger partial charge is 0.457 e.